The fourth-order valence-corrected chi connectivity index (χ4v) is 5.29. The first-order valence-corrected chi connectivity index (χ1v) is 13.2. The highest BCUT2D eigenvalue weighted by atomic mass is 19.1. The molecular formula is C28H25FN8O5. The number of fused-ring (bicyclic) bond motifs is 1. The first-order valence-electron chi connectivity index (χ1n) is 13.2. The molecule has 2 aromatic carbocycles. The van der Waals surface area contributed by atoms with Gasteiger partial charge >= 0.3 is 6.09 Å². The number of benzene rings is 2. The molecule has 6 rings (SSSR count). The van der Waals surface area contributed by atoms with Gasteiger partial charge in [-0.05, 0) is 35.9 Å². The molecule has 4 amide bonds. The number of halogens is 1. The summed E-state index contributed by atoms with van der Waals surface area (Å²) in [7, 11) is 0. The van der Waals surface area contributed by atoms with Crippen molar-refractivity contribution in [2.75, 3.05) is 29.9 Å². The van der Waals surface area contributed by atoms with Gasteiger partial charge in [0.15, 0.2) is 5.69 Å². The number of cyclic esters (lactones) is 1. The van der Waals surface area contributed by atoms with E-state index >= 15 is 0 Å². The third-order valence-corrected chi connectivity index (χ3v) is 7.27. The van der Waals surface area contributed by atoms with Crippen LogP contribution in [-0.2, 0) is 20.9 Å². The van der Waals surface area contributed by atoms with Gasteiger partial charge in [0.25, 0.3) is 5.91 Å². The van der Waals surface area contributed by atoms with Crippen molar-refractivity contribution in [1.29, 1.82) is 0 Å². The van der Waals surface area contributed by atoms with Crippen LogP contribution in [0.25, 0.3) is 22.0 Å². The van der Waals surface area contributed by atoms with Gasteiger partial charge < -0.3 is 20.7 Å². The van der Waals surface area contributed by atoms with Gasteiger partial charge in [-0.2, -0.15) is 15.3 Å². The topological polar surface area (TPSA) is 166 Å². The van der Waals surface area contributed by atoms with Crippen molar-refractivity contribution < 1.29 is 28.3 Å². The zero-order valence-corrected chi connectivity index (χ0v) is 22.1. The maximum absolute atomic E-state index is 14.6. The normalized spacial score (nSPS) is 18.4. The van der Waals surface area contributed by atoms with Gasteiger partial charge in [-0.15, -0.1) is 0 Å². The van der Waals surface area contributed by atoms with Crippen LogP contribution < -0.4 is 16.0 Å². The predicted octanol–water partition coefficient (Wildman–Crippen LogP) is 2.13. The molecule has 2 saturated heterocycles. The maximum atomic E-state index is 14.6. The smallest absolute Gasteiger partial charge is 0.414 e. The van der Waals surface area contributed by atoms with E-state index in [9.17, 15) is 23.6 Å². The lowest BCUT2D eigenvalue weighted by Crippen LogP contribution is -2.44. The lowest BCUT2D eigenvalue weighted by atomic mass is 10.0. The Morgan fingerprint density at radius 2 is 1.93 bits per heavy atom. The second-order valence-electron chi connectivity index (χ2n) is 9.90. The van der Waals surface area contributed by atoms with E-state index < -0.39 is 36.0 Å². The van der Waals surface area contributed by atoms with Crippen molar-refractivity contribution in [3.05, 3.63) is 66.6 Å². The van der Waals surface area contributed by atoms with E-state index in [0.29, 0.717) is 28.8 Å². The number of aromatic nitrogens is 4. The Morgan fingerprint density at radius 3 is 2.67 bits per heavy atom. The van der Waals surface area contributed by atoms with Crippen LogP contribution in [0.1, 0.15) is 16.9 Å². The maximum Gasteiger partial charge on any atom is 0.414 e. The summed E-state index contributed by atoms with van der Waals surface area (Å²) < 4.78 is 21.0. The zero-order valence-electron chi connectivity index (χ0n) is 22.1. The molecule has 0 saturated carbocycles. The fraction of sp³-hybridized carbons (Fsp3) is 0.250. The molecule has 3 N–H and O–H groups in total. The molecule has 2 fully saturated rings. The Labute approximate surface area is 238 Å². The number of hydrogen-bond donors (Lipinski definition) is 2. The van der Waals surface area contributed by atoms with Crippen LogP contribution in [0.5, 0.6) is 0 Å². The quantitative estimate of drug-likeness (QED) is 0.340. The Kier molecular flexibility index (Phi) is 6.94. The monoisotopic (exact) mass is 572 g/mol. The molecule has 0 spiro atoms. The molecule has 4 aromatic rings. The number of carbonyl (C=O) groups is 4. The molecule has 0 bridgehead atoms. The van der Waals surface area contributed by atoms with Crippen molar-refractivity contribution in [3.63, 3.8) is 0 Å². The molecule has 4 heterocycles. The molecule has 0 radical (unpaired) electrons. The average molecular weight is 573 g/mol. The number of anilines is 2. The standard InChI is InChI=1S/C28H25FN8O5/c29-18-12-23(27(40)33-20-3-1-2-4-22(20)35-9-10-42-28(35)41)36(14-18)24(38)15-37-21-6-5-16(17-7-8-31-32-13-17)11-19(21)25(34-37)26(30)39/h1-8,11,13,18,23H,9-10,12,14-15H2,(H2,30,39)(H,33,40). The predicted molar refractivity (Wildman–Crippen MR) is 148 cm³/mol. The molecule has 42 heavy (non-hydrogen) atoms. The van der Waals surface area contributed by atoms with Crippen LogP contribution in [-0.4, -0.2) is 80.6 Å². The number of para-hydroxylation sites is 2. The van der Waals surface area contributed by atoms with E-state index in [1.807, 2.05) is 0 Å². The van der Waals surface area contributed by atoms with Crippen molar-refractivity contribution in [3.8, 4) is 11.1 Å². The number of likely N-dealkylation sites (tertiary alicyclic amines) is 1. The largest absolute Gasteiger partial charge is 0.447 e. The minimum atomic E-state index is -1.42. The Bertz CT molecular complexity index is 1710. The summed E-state index contributed by atoms with van der Waals surface area (Å²) in [5.74, 6) is -1.93. The van der Waals surface area contributed by atoms with Gasteiger partial charge in [-0.3, -0.25) is 24.0 Å². The summed E-state index contributed by atoms with van der Waals surface area (Å²) >= 11 is 0. The first-order chi connectivity index (χ1) is 20.3. The number of alkyl halides is 1. The molecule has 13 nitrogen and oxygen atoms in total. The minimum absolute atomic E-state index is 0.0298. The van der Waals surface area contributed by atoms with E-state index in [4.69, 9.17) is 10.5 Å². The van der Waals surface area contributed by atoms with Crippen LogP contribution in [0.4, 0.5) is 20.6 Å². The summed E-state index contributed by atoms with van der Waals surface area (Å²) in [6.45, 7) is -0.0967. The molecule has 2 aromatic heterocycles. The van der Waals surface area contributed by atoms with Crippen LogP contribution in [0.3, 0.4) is 0 Å². The van der Waals surface area contributed by atoms with Gasteiger partial charge in [0.2, 0.25) is 11.8 Å². The van der Waals surface area contributed by atoms with Crippen molar-refractivity contribution in [2.45, 2.75) is 25.2 Å². The minimum Gasteiger partial charge on any atom is -0.447 e. The molecule has 2 aliphatic heterocycles. The van der Waals surface area contributed by atoms with E-state index in [-0.39, 0.29) is 31.8 Å². The molecule has 14 heteroatoms. The highest BCUT2D eigenvalue weighted by Gasteiger charge is 2.40. The average Bonchev–Trinajstić information content (AvgIpc) is 3.70. The molecule has 214 valence electrons. The van der Waals surface area contributed by atoms with Gasteiger partial charge in [0.1, 0.15) is 25.4 Å². The van der Waals surface area contributed by atoms with Gasteiger partial charge in [0.05, 0.1) is 42.4 Å². The van der Waals surface area contributed by atoms with E-state index in [0.717, 1.165) is 11.1 Å². The Balaban J connectivity index is 1.24. The number of nitrogens with zero attached hydrogens (tertiary/aromatic N) is 6. The lowest BCUT2D eigenvalue weighted by molar-refractivity contribution is -0.137. The summed E-state index contributed by atoms with van der Waals surface area (Å²) in [6, 6.07) is 12.5. The number of ether oxygens (including phenoxy) is 1. The number of amides is 4. The van der Waals surface area contributed by atoms with Crippen molar-refractivity contribution in [2.24, 2.45) is 5.73 Å². The third kappa shape index (κ3) is 4.98. The number of nitrogens with two attached hydrogens (primary N) is 1. The summed E-state index contributed by atoms with van der Waals surface area (Å²) in [5, 5.41) is 15.1. The number of rotatable bonds is 7. The molecule has 2 atom stereocenters. The first kappa shape index (κ1) is 26.8. The molecule has 0 aliphatic carbocycles. The molecular weight excluding hydrogens is 547 g/mol. The molecule has 2 unspecified atom stereocenters. The van der Waals surface area contributed by atoms with Crippen molar-refractivity contribution in [1.82, 2.24) is 24.9 Å². The van der Waals surface area contributed by atoms with Crippen LogP contribution >= 0.6 is 0 Å². The third-order valence-electron chi connectivity index (χ3n) is 7.27. The number of nitrogens with one attached hydrogen (secondary N) is 1. The number of carbonyl (C=O) groups excluding carboxylic acids is 4. The van der Waals surface area contributed by atoms with E-state index in [2.05, 4.69) is 20.6 Å². The van der Waals surface area contributed by atoms with E-state index in [1.165, 1.54) is 20.7 Å². The van der Waals surface area contributed by atoms with Gasteiger partial charge in [0, 0.05) is 17.4 Å². The second kappa shape index (κ2) is 10.9. The number of hydrogen-bond acceptors (Lipinski definition) is 8. The zero-order chi connectivity index (χ0) is 29.4. The lowest BCUT2D eigenvalue weighted by Gasteiger charge is -2.25. The summed E-state index contributed by atoms with van der Waals surface area (Å²) in [6.07, 6.45) is 0.961. The highest BCUT2D eigenvalue weighted by Crippen LogP contribution is 2.30. The Morgan fingerprint density at radius 1 is 1.10 bits per heavy atom. The Hall–Kier alpha value is -5.40. The van der Waals surface area contributed by atoms with Crippen molar-refractivity contribution >= 4 is 46.1 Å². The highest BCUT2D eigenvalue weighted by molar-refractivity contribution is 6.06. The van der Waals surface area contributed by atoms with Crippen LogP contribution in [0, 0.1) is 0 Å². The SMILES string of the molecule is NC(=O)c1nn(CC(=O)N2CC(F)CC2C(=O)Nc2ccccc2N2CCOC2=O)c2ccc(-c3ccnnc3)cc12. The fourth-order valence-electron chi connectivity index (χ4n) is 5.29. The van der Waals surface area contributed by atoms with E-state index in [1.54, 1.807) is 54.7 Å². The van der Waals surface area contributed by atoms with Crippen LogP contribution in [0.2, 0.25) is 0 Å². The summed E-state index contributed by atoms with van der Waals surface area (Å²) in [4.78, 5) is 53.7. The molecule has 2 aliphatic rings. The number of primary amides is 1. The second-order valence-corrected chi connectivity index (χ2v) is 9.90. The van der Waals surface area contributed by atoms with Gasteiger partial charge in [-0.1, -0.05) is 18.2 Å². The van der Waals surface area contributed by atoms with Gasteiger partial charge in [-0.25, -0.2) is 9.18 Å². The summed E-state index contributed by atoms with van der Waals surface area (Å²) in [5.41, 5.74) is 8.29. The van der Waals surface area contributed by atoms with Crippen LogP contribution in [0.15, 0.2) is 60.9 Å².